The van der Waals surface area contributed by atoms with Gasteiger partial charge < -0.3 is 18.7 Å². The third kappa shape index (κ3) is 14.5. The number of aliphatic hydroxyl groups excluding tert-OH is 1. The van der Waals surface area contributed by atoms with Crippen LogP contribution in [-0.4, -0.2) is 52.1 Å². The van der Waals surface area contributed by atoms with Crippen LogP contribution in [0.4, 0.5) is 0 Å². The van der Waals surface area contributed by atoms with Gasteiger partial charge in [0.2, 0.25) is 0 Å². The number of allylic oxidation sites excluding steroid dienone is 1. The number of ether oxygens (including phenoxy) is 1. The van der Waals surface area contributed by atoms with Gasteiger partial charge in [0.15, 0.2) is 16.6 Å². The van der Waals surface area contributed by atoms with Crippen LogP contribution >= 0.6 is 0 Å². The van der Waals surface area contributed by atoms with Crippen molar-refractivity contribution in [1.82, 2.24) is 0 Å². The fourth-order valence-corrected chi connectivity index (χ4v) is 6.48. The number of hydrogen-bond acceptors (Lipinski definition) is 5. The summed E-state index contributed by atoms with van der Waals surface area (Å²) < 4.78 is 19.3. The molecular formula is C32H62O5Si2. The van der Waals surface area contributed by atoms with Gasteiger partial charge in [0, 0.05) is 25.0 Å². The number of esters is 1. The van der Waals surface area contributed by atoms with Crippen LogP contribution in [0.25, 0.3) is 0 Å². The third-order valence-electron chi connectivity index (χ3n) is 8.36. The summed E-state index contributed by atoms with van der Waals surface area (Å²) >= 11 is 0. The van der Waals surface area contributed by atoms with E-state index in [1.165, 1.54) is 12.2 Å². The minimum Gasteiger partial charge on any atom is -0.459 e. The van der Waals surface area contributed by atoms with Crippen molar-refractivity contribution < 1.29 is 23.5 Å². The zero-order chi connectivity index (χ0) is 30.5. The van der Waals surface area contributed by atoms with E-state index in [4.69, 9.17) is 13.6 Å². The Morgan fingerprint density at radius 3 is 1.92 bits per heavy atom. The van der Waals surface area contributed by atoms with Crippen molar-refractivity contribution >= 4 is 22.6 Å². The molecule has 0 spiro atoms. The van der Waals surface area contributed by atoms with Gasteiger partial charge in [0.25, 0.3) is 0 Å². The second kappa shape index (κ2) is 17.1. The molecule has 39 heavy (non-hydrogen) atoms. The van der Waals surface area contributed by atoms with E-state index in [2.05, 4.69) is 87.8 Å². The molecule has 0 saturated heterocycles. The Kier molecular flexibility index (Phi) is 16.6. The molecule has 1 N–H and O–H groups in total. The lowest BCUT2D eigenvalue weighted by Gasteiger charge is -2.43. The highest BCUT2D eigenvalue weighted by Crippen LogP contribution is 2.40. The maximum atomic E-state index is 12.7. The first-order chi connectivity index (χ1) is 17.8. The van der Waals surface area contributed by atoms with E-state index in [9.17, 15) is 9.90 Å². The molecule has 4 atom stereocenters. The second-order valence-corrected chi connectivity index (χ2v) is 23.5. The summed E-state index contributed by atoms with van der Waals surface area (Å²) in [6.45, 7) is 32.0. The Balaban J connectivity index is 5.91. The molecule has 0 radical (unpaired) electrons. The molecule has 0 aliphatic rings. The van der Waals surface area contributed by atoms with Crippen molar-refractivity contribution in [2.75, 3.05) is 0 Å². The summed E-state index contributed by atoms with van der Waals surface area (Å²) in [7, 11) is -4.27. The van der Waals surface area contributed by atoms with E-state index >= 15 is 0 Å². The lowest BCUT2D eigenvalue weighted by Crippen LogP contribution is -2.49. The van der Waals surface area contributed by atoms with Gasteiger partial charge in [-0.3, -0.25) is 0 Å². The Morgan fingerprint density at radius 1 is 0.872 bits per heavy atom. The molecule has 228 valence electrons. The summed E-state index contributed by atoms with van der Waals surface area (Å²) in [4.78, 5) is 12.7. The van der Waals surface area contributed by atoms with Crippen LogP contribution < -0.4 is 0 Å². The lowest BCUT2D eigenvalue weighted by atomic mass is 10.0. The number of unbranched alkanes of at least 4 members (excludes halogenated alkanes) is 2. The highest BCUT2D eigenvalue weighted by molar-refractivity contribution is 6.74. The fourth-order valence-electron chi connectivity index (χ4n) is 3.73. The molecule has 0 saturated carbocycles. The van der Waals surface area contributed by atoms with Crippen molar-refractivity contribution in [1.29, 1.82) is 0 Å². The zero-order valence-corrected chi connectivity index (χ0v) is 29.3. The average molecular weight is 583 g/mol. The Labute approximate surface area is 243 Å². The SMILES string of the molecule is C=CCC[C@H](C[C@H](O[Si](C)(C)C(C)(C)C)[C@@H](O)/C=C/C(=O)O[C@@H](CC=C)CCCCC)O[Si](C)(C)C(C)(C)C. The molecular weight excluding hydrogens is 521 g/mol. The largest absolute Gasteiger partial charge is 0.459 e. The van der Waals surface area contributed by atoms with E-state index in [1.807, 2.05) is 6.08 Å². The smallest absolute Gasteiger partial charge is 0.330 e. The molecule has 0 aromatic heterocycles. The first-order valence-corrected chi connectivity index (χ1v) is 20.8. The van der Waals surface area contributed by atoms with Gasteiger partial charge in [-0.15, -0.1) is 13.2 Å². The zero-order valence-electron chi connectivity index (χ0n) is 27.3. The van der Waals surface area contributed by atoms with Crippen LogP contribution in [0.15, 0.2) is 37.5 Å². The van der Waals surface area contributed by atoms with E-state index in [1.54, 1.807) is 6.08 Å². The van der Waals surface area contributed by atoms with Gasteiger partial charge in [-0.05, 0) is 68.0 Å². The highest BCUT2D eigenvalue weighted by Gasteiger charge is 2.43. The highest BCUT2D eigenvalue weighted by atomic mass is 28.4. The summed E-state index contributed by atoms with van der Waals surface area (Å²) in [5, 5.41) is 11.4. The third-order valence-corrected chi connectivity index (χ3v) is 17.4. The van der Waals surface area contributed by atoms with Crippen molar-refractivity contribution in [2.24, 2.45) is 0 Å². The fraction of sp³-hybridized carbons (Fsp3) is 0.781. The summed E-state index contributed by atoms with van der Waals surface area (Å²) in [6, 6.07) is 0. The van der Waals surface area contributed by atoms with Crippen molar-refractivity contribution in [3.63, 3.8) is 0 Å². The first kappa shape index (κ1) is 38.0. The van der Waals surface area contributed by atoms with Crippen LogP contribution in [0, 0.1) is 0 Å². The van der Waals surface area contributed by atoms with E-state index in [0.29, 0.717) is 12.8 Å². The van der Waals surface area contributed by atoms with Crippen LogP contribution in [0.1, 0.15) is 99.8 Å². The van der Waals surface area contributed by atoms with Gasteiger partial charge in [-0.2, -0.15) is 0 Å². The molecule has 0 heterocycles. The number of aliphatic hydroxyl groups is 1. The maximum Gasteiger partial charge on any atom is 0.330 e. The van der Waals surface area contributed by atoms with Crippen LogP contribution in [0.2, 0.25) is 36.3 Å². The summed E-state index contributed by atoms with van der Waals surface area (Å²) in [6.07, 6.45) is 11.7. The van der Waals surface area contributed by atoms with Gasteiger partial charge in [-0.25, -0.2) is 4.79 Å². The van der Waals surface area contributed by atoms with Crippen LogP contribution in [0.3, 0.4) is 0 Å². The number of carbonyl (C=O) groups is 1. The van der Waals surface area contributed by atoms with E-state index in [0.717, 1.165) is 38.5 Å². The molecule has 0 rings (SSSR count). The molecule has 0 fully saturated rings. The van der Waals surface area contributed by atoms with Gasteiger partial charge in [0.1, 0.15) is 6.10 Å². The topological polar surface area (TPSA) is 65.0 Å². The molecule has 0 aromatic rings. The molecule has 0 bridgehead atoms. The van der Waals surface area contributed by atoms with Gasteiger partial charge >= 0.3 is 5.97 Å². The maximum absolute atomic E-state index is 12.7. The second-order valence-electron chi connectivity index (χ2n) is 13.9. The predicted octanol–water partition coefficient (Wildman–Crippen LogP) is 9.11. The quantitative estimate of drug-likeness (QED) is 0.0541. The van der Waals surface area contributed by atoms with Crippen LogP contribution in [0.5, 0.6) is 0 Å². The predicted molar refractivity (Wildman–Crippen MR) is 172 cm³/mol. The molecule has 0 amide bonds. The van der Waals surface area contributed by atoms with Crippen LogP contribution in [-0.2, 0) is 18.4 Å². The molecule has 0 aliphatic carbocycles. The lowest BCUT2D eigenvalue weighted by molar-refractivity contribution is -0.143. The molecule has 0 aromatic carbocycles. The minimum absolute atomic E-state index is 0.0269. The monoisotopic (exact) mass is 582 g/mol. The van der Waals surface area contributed by atoms with Gasteiger partial charge in [0.05, 0.1) is 12.2 Å². The summed E-state index contributed by atoms with van der Waals surface area (Å²) in [5.74, 6) is -0.441. The molecule has 0 unspecified atom stereocenters. The average Bonchev–Trinajstić information content (AvgIpc) is 2.79. The van der Waals surface area contributed by atoms with Crippen molar-refractivity contribution in [3.8, 4) is 0 Å². The number of hydrogen-bond donors (Lipinski definition) is 1. The molecule has 7 heteroatoms. The van der Waals surface area contributed by atoms with Crippen molar-refractivity contribution in [3.05, 3.63) is 37.5 Å². The Bertz CT molecular complexity index is 762. The molecule has 5 nitrogen and oxygen atoms in total. The van der Waals surface area contributed by atoms with E-state index < -0.39 is 34.8 Å². The number of rotatable bonds is 19. The molecule has 0 aliphatic heterocycles. The van der Waals surface area contributed by atoms with Gasteiger partial charge in [-0.1, -0.05) is 73.5 Å². The normalized spacial score (nSPS) is 16.5. The summed E-state index contributed by atoms with van der Waals surface area (Å²) in [5.41, 5.74) is 0. The standard InChI is InChI=1S/C32H62O5Si2/c1-14-17-19-22-26(20-16-3)35-30(34)24-23-28(33)29(37-39(12,13)32(7,8)9)25-27(21-18-15-2)36-38(10,11)31(4,5)6/h15-16,23-24,26-29,33H,2-3,14,17-22,25H2,1,4-13H3/b24-23+/t26-,27+,28-,29-/m0/s1. The first-order valence-electron chi connectivity index (χ1n) is 15.0. The van der Waals surface area contributed by atoms with Crippen molar-refractivity contribution in [2.45, 2.75) is 161 Å². The Hall–Kier alpha value is -0.996. The Morgan fingerprint density at radius 2 is 1.44 bits per heavy atom. The van der Waals surface area contributed by atoms with E-state index in [-0.39, 0.29) is 22.3 Å². The minimum atomic E-state index is -2.22. The number of carbonyl (C=O) groups excluding carboxylic acids is 1.